The Balaban J connectivity index is 2.04. The van der Waals surface area contributed by atoms with Gasteiger partial charge < -0.3 is 4.98 Å². The molecule has 0 fully saturated rings. The number of pyridine rings is 2. The molecule has 102 valence electrons. The van der Waals surface area contributed by atoms with Gasteiger partial charge in [0.2, 0.25) is 0 Å². The molecule has 3 heterocycles. The maximum atomic E-state index is 12.4. The summed E-state index contributed by atoms with van der Waals surface area (Å²) in [6.45, 7) is 0. The number of H-pyrrole nitrogens is 1. The lowest BCUT2D eigenvalue weighted by atomic mass is 10.3. The first-order chi connectivity index (χ1) is 9.56. The van der Waals surface area contributed by atoms with Gasteiger partial charge in [-0.15, -0.1) is 0 Å². The molecule has 0 aliphatic carbocycles. The summed E-state index contributed by atoms with van der Waals surface area (Å²) in [5.74, 6) is 0.248. The molecule has 20 heavy (non-hydrogen) atoms. The fourth-order valence-electron chi connectivity index (χ4n) is 1.81. The van der Waals surface area contributed by atoms with E-state index >= 15 is 0 Å². The quantitative estimate of drug-likeness (QED) is 0.709. The Kier molecular flexibility index (Phi) is 3.19. The van der Waals surface area contributed by atoms with Crippen molar-refractivity contribution in [2.75, 3.05) is 4.72 Å². The number of aromatic nitrogens is 3. The fraction of sp³-hybridized carbons (Fsp3) is 0. The highest BCUT2D eigenvalue weighted by molar-refractivity contribution is 9.10. The third-order valence-electron chi connectivity index (χ3n) is 2.66. The highest BCUT2D eigenvalue weighted by Crippen LogP contribution is 2.23. The van der Waals surface area contributed by atoms with Crippen molar-refractivity contribution in [3.05, 3.63) is 47.3 Å². The number of hydrogen-bond acceptors (Lipinski definition) is 4. The SMILES string of the molecule is O=S(=O)(Nc1cccc(Br)n1)c1c[nH]c2ncccc12. The third kappa shape index (κ3) is 2.39. The zero-order valence-corrected chi connectivity index (χ0v) is 12.4. The second-order valence-corrected chi connectivity index (χ2v) is 6.47. The van der Waals surface area contributed by atoms with E-state index in [1.165, 1.54) is 6.20 Å². The van der Waals surface area contributed by atoms with Crippen molar-refractivity contribution in [1.29, 1.82) is 0 Å². The maximum absolute atomic E-state index is 12.4. The molecule has 0 bridgehead atoms. The van der Waals surface area contributed by atoms with Crippen LogP contribution < -0.4 is 4.72 Å². The number of nitrogens with zero attached hydrogens (tertiary/aromatic N) is 2. The average Bonchev–Trinajstić information content (AvgIpc) is 2.82. The van der Waals surface area contributed by atoms with Gasteiger partial charge in [0.15, 0.2) is 0 Å². The average molecular weight is 353 g/mol. The molecule has 3 aromatic heterocycles. The molecule has 0 saturated heterocycles. The van der Waals surface area contributed by atoms with Crippen molar-refractivity contribution in [3.8, 4) is 0 Å². The van der Waals surface area contributed by atoms with Crippen LogP contribution in [0.4, 0.5) is 5.82 Å². The first kappa shape index (κ1) is 13.1. The molecule has 8 heteroatoms. The number of aromatic amines is 1. The number of rotatable bonds is 3. The molecule has 6 nitrogen and oxygen atoms in total. The summed E-state index contributed by atoms with van der Waals surface area (Å²) in [5.41, 5.74) is 0.523. The Labute approximate surface area is 123 Å². The minimum Gasteiger partial charge on any atom is -0.345 e. The van der Waals surface area contributed by atoms with Crippen LogP contribution in [-0.4, -0.2) is 23.4 Å². The van der Waals surface area contributed by atoms with Crippen LogP contribution in [0.25, 0.3) is 11.0 Å². The van der Waals surface area contributed by atoms with Gasteiger partial charge in [0.1, 0.15) is 21.0 Å². The highest BCUT2D eigenvalue weighted by Gasteiger charge is 2.19. The Morgan fingerprint density at radius 2 is 2.05 bits per heavy atom. The summed E-state index contributed by atoms with van der Waals surface area (Å²) in [6, 6.07) is 8.38. The van der Waals surface area contributed by atoms with E-state index in [0.717, 1.165) is 0 Å². The summed E-state index contributed by atoms with van der Waals surface area (Å²) in [5, 5.41) is 0.537. The van der Waals surface area contributed by atoms with Crippen LogP contribution in [0.5, 0.6) is 0 Å². The topological polar surface area (TPSA) is 87.7 Å². The van der Waals surface area contributed by atoms with Crippen molar-refractivity contribution in [2.24, 2.45) is 0 Å². The summed E-state index contributed by atoms with van der Waals surface area (Å²) in [4.78, 5) is 11.1. The van der Waals surface area contributed by atoms with Crippen LogP contribution in [0.1, 0.15) is 0 Å². The first-order valence-electron chi connectivity index (χ1n) is 5.64. The molecule has 0 aromatic carbocycles. The number of halogens is 1. The zero-order chi connectivity index (χ0) is 14.2. The normalized spacial score (nSPS) is 11.7. The van der Waals surface area contributed by atoms with E-state index in [2.05, 4.69) is 35.6 Å². The van der Waals surface area contributed by atoms with Gasteiger partial charge in [0.05, 0.1) is 0 Å². The van der Waals surface area contributed by atoms with Crippen molar-refractivity contribution in [2.45, 2.75) is 4.90 Å². The molecule has 2 N–H and O–H groups in total. The lowest BCUT2D eigenvalue weighted by molar-refractivity contribution is 0.602. The first-order valence-corrected chi connectivity index (χ1v) is 7.91. The largest absolute Gasteiger partial charge is 0.345 e. The van der Waals surface area contributed by atoms with E-state index in [4.69, 9.17) is 0 Å². The summed E-state index contributed by atoms with van der Waals surface area (Å²) in [6.07, 6.45) is 3.01. The van der Waals surface area contributed by atoms with Crippen LogP contribution in [0.2, 0.25) is 0 Å². The van der Waals surface area contributed by atoms with E-state index in [0.29, 0.717) is 15.6 Å². The summed E-state index contributed by atoms with van der Waals surface area (Å²) < 4.78 is 27.7. The summed E-state index contributed by atoms with van der Waals surface area (Å²) >= 11 is 3.20. The predicted octanol–water partition coefficient (Wildman–Crippen LogP) is 2.52. The van der Waals surface area contributed by atoms with Crippen LogP contribution in [0.15, 0.2) is 52.2 Å². The Morgan fingerprint density at radius 3 is 2.85 bits per heavy atom. The van der Waals surface area contributed by atoms with Gasteiger partial charge >= 0.3 is 0 Å². The number of nitrogens with one attached hydrogen (secondary N) is 2. The maximum Gasteiger partial charge on any atom is 0.265 e. The Bertz CT molecular complexity index is 876. The standard InChI is InChI=1S/C12H9BrN4O2S/c13-10-4-1-5-11(16-10)17-20(18,19)9-7-15-12-8(9)3-2-6-14-12/h1-7H,(H,14,15)(H,16,17). The van der Waals surface area contributed by atoms with E-state index in [9.17, 15) is 8.42 Å². The minimum atomic E-state index is -3.72. The molecular formula is C12H9BrN4O2S. The number of fused-ring (bicyclic) bond motifs is 1. The zero-order valence-electron chi connectivity index (χ0n) is 10.0. The molecule has 3 rings (SSSR count). The van der Waals surface area contributed by atoms with Gasteiger partial charge in [-0.2, -0.15) is 0 Å². The van der Waals surface area contributed by atoms with Crippen molar-refractivity contribution >= 4 is 42.8 Å². The molecule has 0 radical (unpaired) electrons. The van der Waals surface area contributed by atoms with Gasteiger partial charge in [0, 0.05) is 17.8 Å². The van der Waals surface area contributed by atoms with Gasteiger partial charge in [0.25, 0.3) is 10.0 Å². The fourth-order valence-corrected chi connectivity index (χ4v) is 3.32. The van der Waals surface area contributed by atoms with Crippen LogP contribution in [0.3, 0.4) is 0 Å². The predicted molar refractivity (Wildman–Crippen MR) is 78.8 cm³/mol. The molecule has 0 aliphatic rings. The second-order valence-electron chi connectivity index (χ2n) is 4.00. The molecule has 0 unspecified atom stereocenters. The van der Waals surface area contributed by atoms with Crippen molar-refractivity contribution < 1.29 is 8.42 Å². The number of hydrogen-bond donors (Lipinski definition) is 2. The lowest BCUT2D eigenvalue weighted by Gasteiger charge is -2.06. The Hall–Kier alpha value is -1.93. The molecule has 3 aromatic rings. The molecule has 0 atom stereocenters. The van der Waals surface area contributed by atoms with E-state index in [-0.39, 0.29) is 10.7 Å². The number of anilines is 1. The molecular weight excluding hydrogens is 344 g/mol. The van der Waals surface area contributed by atoms with Gasteiger partial charge in [-0.1, -0.05) is 6.07 Å². The molecule has 0 saturated carbocycles. The number of sulfonamides is 1. The van der Waals surface area contributed by atoms with Crippen molar-refractivity contribution in [1.82, 2.24) is 15.0 Å². The molecule has 0 amide bonds. The van der Waals surface area contributed by atoms with Gasteiger partial charge in [-0.25, -0.2) is 18.4 Å². The third-order valence-corrected chi connectivity index (χ3v) is 4.49. The van der Waals surface area contributed by atoms with Gasteiger partial charge in [-0.3, -0.25) is 4.72 Å². The van der Waals surface area contributed by atoms with Crippen LogP contribution in [0, 0.1) is 0 Å². The van der Waals surface area contributed by atoms with Crippen molar-refractivity contribution in [3.63, 3.8) is 0 Å². The Morgan fingerprint density at radius 1 is 1.20 bits per heavy atom. The highest BCUT2D eigenvalue weighted by atomic mass is 79.9. The van der Waals surface area contributed by atoms with E-state index in [1.807, 2.05) is 0 Å². The van der Waals surface area contributed by atoms with Crippen LogP contribution >= 0.6 is 15.9 Å². The lowest BCUT2D eigenvalue weighted by Crippen LogP contribution is -2.13. The second kappa shape index (κ2) is 4.88. The van der Waals surface area contributed by atoms with E-state index in [1.54, 1.807) is 36.5 Å². The molecule has 0 aliphatic heterocycles. The van der Waals surface area contributed by atoms with Gasteiger partial charge in [-0.05, 0) is 40.2 Å². The van der Waals surface area contributed by atoms with E-state index < -0.39 is 10.0 Å². The van der Waals surface area contributed by atoms with Crippen LogP contribution in [-0.2, 0) is 10.0 Å². The summed E-state index contributed by atoms with van der Waals surface area (Å²) in [7, 11) is -3.72. The molecule has 0 spiro atoms. The smallest absolute Gasteiger partial charge is 0.265 e. The minimum absolute atomic E-state index is 0.141. The monoisotopic (exact) mass is 352 g/mol.